The summed E-state index contributed by atoms with van der Waals surface area (Å²) in [5.74, 6) is 0. The molecule has 0 N–H and O–H groups in total. The van der Waals surface area contributed by atoms with E-state index in [1.807, 2.05) is 11.5 Å². The van der Waals surface area contributed by atoms with Gasteiger partial charge < -0.3 is 0 Å². The Morgan fingerprint density at radius 3 is 2.20 bits per heavy atom. The maximum Gasteiger partial charge on any atom is 0.0351 e. The Labute approximate surface area is 36.3 Å². The van der Waals surface area contributed by atoms with E-state index in [0.29, 0.717) is 0 Å². The molecule has 0 aromatic rings. The van der Waals surface area contributed by atoms with Crippen molar-refractivity contribution in [2.24, 2.45) is 0 Å². The van der Waals surface area contributed by atoms with E-state index >= 15 is 0 Å². The smallest absolute Gasteiger partial charge is 0.0351 e. The van der Waals surface area contributed by atoms with Crippen LogP contribution < -0.4 is 0 Å². The van der Waals surface area contributed by atoms with Crippen LogP contribution in [0.3, 0.4) is 0 Å². The first-order valence-corrected chi connectivity index (χ1v) is 2.37. The minimum Gasteiger partial charge on any atom is -0.126 e. The van der Waals surface area contributed by atoms with Gasteiger partial charge in [-0.3, -0.25) is 0 Å². The summed E-state index contributed by atoms with van der Waals surface area (Å²) in [4.78, 5) is 0. The molecule has 25 valence electrons. The summed E-state index contributed by atoms with van der Waals surface area (Å²) in [5, 5.41) is 1.98. The van der Waals surface area contributed by atoms with Crippen molar-refractivity contribution in [1.82, 2.24) is 0 Å². The molecule has 0 aromatic heterocycles. The van der Waals surface area contributed by atoms with E-state index in [9.17, 15) is 0 Å². The van der Waals surface area contributed by atoms with Crippen LogP contribution in [0.15, 0.2) is 11.5 Å². The van der Waals surface area contributed by atoms with Crippen molar-refractivity contribution < 1.29 is 0 Å². The molecule has 0 amide bonds. The average molecular weight is 83.1 g/mol. The number of hydrogen-bond acceptors (Lipinski definition) is 1. The van der Waals surface area contributed by atoms with Crippen LogP contribution in [0.2, 0.25) is 0 Å². The zero-order valence-electron chi connectivity index (χ0n) is 2.64. The van der Waals surface area contributed by atoms with Gasteiger partial charge in [0.2, 0.25) is 0 Å². The highest BCUT2D eigenvalue weighted by Gasteiger charge is 2.00. The summed E-state index contributed by atoms with van der Waals surface area (Å²) in [6.07, 6.45) is 1.85. The van der Waals surface area contributed by atoms with Crippen LogP contribution in [-0.2, 0) is 0 Å². The largest absolute Gasteiger partial charge is 0.126 e. The molecule has 1 rings (SSSR count). The lowest BCUT2D eigenvalue weighted by Gasteiger charge is -2.06. The van der Waals surface area contributed by atoms with Gasteiger partial charge in [-0.05, 0) is 5.41 Å². The molecular weight excluding hydrogens is 80.1 g/mol. The number of rotatable bonds is 0. The van der Waals surface area contributed by atoms with Gasteiger partial charge in [-0.15, -0.1) is 11.8 Å². The fourth-order valence-electron chi connectivity index (χ4n) is 0.157. The van der Waals surface area contributed by atoms with E-state index in [-0.39, 0.29) is 5.25 Å². The van der Waals surface area contributed by atoms with Crippen LogP contribution >= 0.6 is 11.8 Å². The molecule has 5 heavy (non-hydrogen) atoms. The minimum atomic E-state index is 0.0509. The first-order valence-electron chi connectivity index (χ1n) is 1.43. The summed E-state index contributed by atoms with van der Waals surface area (Å²) in [7, 11) is 0. The van der Waals surface area contributed by atoms with Gasteiger partial charge in [0.25, 0.3) is 0 Å². The average Bonchev–Trinajstić information content (AvgIpc) is 1.30. The molecule has 0 aromatic carbocycles. The zero-order valence-corrected chi connectivity index (χ0v) is 3.46. The highest BCUT2D eigenvalue weighted by molar-refractivity contribution is 8.04. The second kappa shape index (κ2) is 1.05. The molecule has 0 nitrogen and oxygen atoms in total. The molecule has 1 atom stereocenters. The fraction of sp³-hybridized carbons (Fsp3) is 0.250. The monoisotopic (exact) mass is 83.0 g/mol. The van der Waals surface area contributed by atoms with Crippen LogP contribution in [0.4, 0.5) is 0 Å². The molecule has 0 saturated heterocycles. The lowest BCUT2D eigenvalue weighted by Crippen LogP contribution is -1.93. The van der Waals surface area contributed by atoms with Gasteiger partial charge in [0.15, 0.2) is 0 Å². The first-order chi connectivity index (χ1) is 2.39. The van der Waals surface area contributed by atoms with E-state index < -0.39 is 0 Å². The Kier molecular flexibility index (Phi) is 0.692. The summed E-state index contributed by atoms with van der Waals surface area (Å²) in [5.41, 5.74) is 0. The van der Waals surface area contributed by atoms with Crippen molar-refractivity contribution in [3.63, 3.8) is 0 Å². The summed E-state index contributed by atoms with van der Waals surface area (Å²) >= 11 is 1.55. The third kappa shape index (κ3) is 0.482. The molecular formula is C4H3S. The van der Waals surface area contributed by atoms with Crippen molar-refractivity contribution >= 4 is 11.8 Å². The molecule has 3 radical (unpaired) electrons. The van der Waals surface area contributed by atoms with Gasteiger partial charge >= 0.3 is 0 Å². The van der Waals surface area contributed by atoms with Crippen molar-refractivity contribution in [3.05, 3.63) is 18.4 Å². The zero-order chi connectivity index (χ0) is 3.70. The predicted octanol–water partition coefficient (Wildman–Crippen LogP) is 1.20. The van der Waals surface area contributed by atoms with Gasteiger partial charge in [0.1, 0.15) is 0 Å². The molecule has 1 unspecified atom stereocenters. The van der Waals surface area contributed by atoms with Crippen molar-refractivity contribution in [3.8, 4) is 0 Å². The second-order valence-corrected chi connectivity index (χ2v) is 1.94. The molecule has 1 heterocycles. The highest BCUT2D eigenvalue weighted by atomic mass is 32.2. The molecule has 0 fully saturated rings. The van der Waals surface area contributed by atoms with Gasteiger partial charge in [-0.1, -0.05) is 6.08 Å². The van der Waals surface area contributed by atoms with Crippen LogP contribution in [0.5, 0.6) is 0 Å². The van der Waals surface area contributed by atoms with Crippen LogP contribution in [0, 0.1) is 6.92 Å². The van der Waals surface area contributed by atoms with Gasteiger partial charge in [0, 0.05) is 12.2 Å². The Hall–Kier alpha value is 0.0900. The van der Waals surface area contributed by atoms with Gasteiger partial charge in [0.05, 0.1) is 0 Å². The summed E-state index contributed by atoms with van der Waals surface area (Å²) < 4.78 is 0. The Bertz CT molecular complexity index is 56.7. The SMILES string of the molecule is [C]C1C=CS1. The van der Waals surface area contributed by atoms with E-state index in [4.69, 9.17) is 6.92 Å². The molecule has 0 aliphatic carbocycles. The lowest BCUT2D eigenvalue weighted by molar-refractivity contribution is 1.41. The first kappa shape index (κ1) is 3.29. The van der Waals surface area contributed by atoms with E-state index in [0.717, 1.165) is 0 Å². The quantitative estimate of drug-likeness (QED) is 0.424. The number of thioether (sulfide) groups is 1. The molecule has 0 spiro atoms. The Morgan fingerprint density at radius 2 is 2.20 bits per heavy atom. The fourth-order valence-corrected chi connectivity index (χ4v) is 0.471. The lowest BCUT2D eigenvalue weighted by atomic mass is 10.5. The highest BCUT2D eigenvalue weighted by Crippen LogP contribution is 2.21. The molecule has 0 bridgehead atoms. The predicted molar refractivity (Wildman–Crippen MR) is 23.8 cm³/mol. The maximum atomic E-state index is 6.79. The second-order valence-electron chi connectivity index (χ2n) is 0.885. The van der Waals surface area contributed by atoms with E-state index in [1.54, 1.807) is 11.8 Å². The van der Waals surface area contributed by atoms with E-state index in [2.05, 4.69) is 0 Å². The third-order valence-electron chi connectivity index (χ3n) is 0.479. The van der Waals surface area contributed by atoms with Crippen molar-refractivity contribution in [2.75, 3.05) is 0 Å². The minimum absolute atomic E-state index is 0.0509. The van der Waals surface area contributed by atoms with Crippen molar-refractivity contribution in [1.29, 1.82) is 0 Å². The maximum absolute atomic E-state index is 6.79. The summed E-state index contributed by atoms with van der Waals surface area (Å²) in [6, 6.07) is 0. The molecule has 1 heteroatoms. The van der Waals surface area contributed by atoms with Gasteiger partial charge in [-0.2, -0.15) is 0 Å². The third-order valence-corrected chi connectivity index (χ3v) is 1.24. The Morgan fingerprint density at radius 1 is 1.80 bits per heavy atom. The molecule has 1 aliphatic heterocycles. The number of hydrogen-bond donors (Lipinski definition) is 0. The van der Waals surface area contributed by atoms with Crippen molar-refractivity contribution in [2.45, 2.75) is 5.25 Å². The van der Waals surface area contributed by atoms with Crippen LogP contribution in [0.25, 0.3) is 0 Å². The normalized spacial score (nSPS) is 33.4. The topological polar surface area (TPSA) is 0 Å². The summed E-state index contributed by atoms with van der Waals surface area (Å²) in [6.45, 7) is 6.79. The van der Waals surface area contributed by atoms with Crippen LogP contribution in [-0.4, -0.2) is 5.25 Å². The van der Waals surface area contributed by atoms with Gasteiger partial charge in [-0.25, -0.2) is 0 Å². The Balaban J connectivity index is 2.39. The standard InChI is InChI=1S/C4H3S/c1-4-2-3-5-4/h2-4H. The van der Waals surface area contributed by atoms with E-state index in [1.165, 1.54) is 0 Å². The molecule has 0 saturated carbocycles. The molecule has 1 aliphatic rings. The van der Waals surface area contributed by atoms with Crippen LogP contribution in [0.1, 0.15) is 0 Å².